The third kappa shape index (κ3) is 3.42. The van der Waals surface area contributed by atoms with E-state index in [2.05, 4.69) is 5.10 Å². The van der Waals surface area contributed by atoms with Crippen LogP contribution in [0.15, 0.2) is 18.2 Å². The number of hydrogen-bond donors (Lipinski definition) is 1. The molecular formula is C16H22FN3O. The Morgan fingerprint density at radius 1 is 1.38 bits per heavy atom. The van der Waals surface area contributed by atoms with Crippen LogP contribution in [0.5, 0.6) is 11.5 Å². The van der Waals surface area contributed by atoms with Crippen molar-refractivity contribution in [1.82, 2.24) is 9.78 Å². The van der Waals surface area contributed by atoms with Crippen molar-refractivity contribution in [2.24, 2.45) is 12.8 Å². The van der Waals surface area contributed by atoms with Crippen LogP contribution in [0.3, 0.4) is 0 Å². The van der Waals surface area contributed by atoms with Crippen LogP contribution in [0, 0.1) is 19.7 Å². The highest BCUT2D eigenvalue weighted by atomic mass is 19.1. The number of benzene rings is 1. The number of rotatable bonds is 5. The normalized spacial score (nSPS) is 12.5. The van der Waals surface area contributed by atoms with Crippen LogP contribution in [-0.2, 0) is 13.5 Å². The number of hydrogen-bond acceptors (Lipinski definition) is 3. The van der Waals surface area contributed by atoms with Crippen molar-refractivity contribution < 1.29 is 9.13 Å². The Balaban J connectivity index is 2.21. The van der Waals surface area contributed by atoms with Gasteiger partial charge in [0.2, 0.25) is 0 Å². The van der Waals surface area contributed by atoms with Gasteiger partial charge in [0.15, 0.2) is 17.3 Å². The van der Waals surface area contributed by atoms with Crippen LogP contribution in [-0.4, -0.2) is 15.8 Å². The number of aromatic nitrogens is 2. The molecular weight excluding hydrogens is 269 g/mol. The molecule has 0 saturated carbocycles. The van der Waals surface area contributed by atoms with E-state index in [0.717, 1.165) is 23.4 Å². The molecule has 21 heavy (non-hydrogen) atoms. The van der Waals surface area contributed by atoms with Crippen molar-refractivity contribution in [2.75, 3.05) is 0 Å². The molecule has 1 heterocycles. The molecule has 0 aliphatic heterocycles. The monoisotopic (exact) mass is 291 g/mol. The van der Waals surface area contributed by atoms with Gasteiger partial charge in [0, 0.05) is 13.1 Å². The molecule has 0 spiro atoms. The smallest absolute Gasteiger partial charge is 0.171 e. The van der Waals surface area contributed by atoms with Gasteiger partial charge < -0.3 is 10.5 Å². The summed E-state index contributed by atoms with van der Waals surface area (Å²) >= 11 is 0. The van der Waals surface area contributed by atoms with E-state index in [-0.39, 0.29) is 17.6 Å². The molecule has 4 nitrogen and oxygen atoms in total. The lowest BCUT2D eigenvalue weighted by atomic mass is 10.0. The fraction of sp³-hybridized carbons (Fsp3) is 0.438. The van der Waals surface area contributed by atoms with Crippen LogP contribution in [0.1, 0.15) is 30.3 Å². The minimum Gasteiger partial charge on any atom is -0.450 e. The second-order valence-electron chi connectivity index (χ2n) is 5.36. The van der Waals surface area contributed by atoms with Gasteiger partial charge in [-0.2, -0.15) is 5.10 Å². The van der Waals surface area contributed by atoms with Crippen molar-refractivity contribution in [3.63, 3.8) is 0 Å². The summed E-state index contributed by atoms with van der Waals surface area (Å²) in [6, 6.07) is 5.05. The van der Waals surface area contributed by atoms with E-state index in [9.17, 15) is 4.39 Å². The minimum absolute atomic E-state index is 0.0546. The molecule has 5 heteroatoms. The average molecular weight is 291 g/mol. The van der Waals surface area contributed by atoms with Gasteiger partial charge in [-0.05, 0) is 44.4 Å². The maximum atomic E-state index is 14.2. The highest BCUT2D eigenvalue weighted by Gasteiger charge is 2.14. The zero-order valence-electron chi connectivity index (χ0n) is 13.0. The highest BCUT2D eigenvalue weighted by molar-refractivity contribution is 5.39. The van der Waals surface area contributed by atoms with Gasteiger partial charge in [0.05, 0.1) is 5.69 Å². The minimum atomic E-state index is -0.376. The first-order valence-electron chi connectivity index (χ1n) is 7.14. The Bertz CT molecular complexity index is 637. The first kappa shape index (κ1) is 15.5. The summed E-state index contributed by atoms with van der Waals surface area (Å²) < 4.78 is 21.6. The fourth-order valence-electron chi connectivity index (χ4n) is 2.21. The van der Waals surface area contributed by atoms with Crippen LogP contribution in [0.2, 0.25) is 0 Å². The third-order valence-electron chi connectivity index (χ3n) is 3.67. The summed E-state index contributed by atoms with van der Waals surface area (Å²) in [4.78, 5) is 0. The van der Waals surface area contributed by atoms with E-state index in [1.807, 2.05) is 33.9 Å². The second kappa shape index (κ2) is 6.26. The standard InChI is InChI=1S/C16H22FN3O/c1-5-13(18)8-12-6-7-15(14(17)9-12)21-16-10(2)19-20(4)11(16)3/h6-7,9,13H,5,8,18H2,1-4H3. The number of nitrogens with two attached hydrogens (primary N) is 1. The molecule has 1 aromatic heterocycles. The van der Waals surface area contributed by atoms with Gasteiger partial charge >= 0.3 is 0 Å². The van der Waals surface area contributed by atoms with Crippen molar-refractivity contribution in [2.45, 2.75) is 39.7 Å². The Morgan fingerprint density at radius 2 is 2.10 bits per heavy atom. The van der Waals surface area contributed by atoms with Gasteiger partial charge in [-0.3, -0.25) is 4.68 Å². The number of aryl methyl sites for hydroxylation is 2. The van der Waals surface area contributed by atoms with E-state index in [0.29, 0.717) is 12.2 Å². The maximum absolute atomic E-state index is 14.2. The first-order chi connectivity index (χ1) is 9.92. The van der Waals surface area contributed by atoms with Crippen molar-refractivity contribution in [3.05, 3.63) is 41.0 Å². The summed E-state index contributed by atoms with van der Waals surface area (Å²) in [7, 11) is 1.83. The van der Waals surface area contributed by atoms with Gasteiger partial charge in [-0.25, -0.2) is 4.39 Å². The van der Waals surface area contributed by atoms with Gasteiger partial charge in [0.1, 0.15) is 5.69 Å². The molecule has 1 atom stereocenters. The number of nitrogens with zero attached hydrogens (tertiary/aromatic N) is 2. The van der Waals surface area contributed by atoms with Crippen LogP contribution >= 0.6 is 0 Å². The molecule has 0 bridgehead atoms. The quantitative estimate of drug-likeness (QED) is 0.920. The lowest BCUT2D eigenvalue weighted by Gasteiger charge is -2.11. The summed E-state index contributed by atoms with van der Waals surface area (Å²) in [5.74, 6) is 0.441. The van der Waals surface area contributed by atoms with Crippen LogP contribution in [0.4, 0.5) is 4.39 Å². The zero-order valence-corrected chi connectivity index (χ0v) is 13.0. The number of ether oxygens (including phenoxy) is 1. The highest BCUT2D eigenvalue weighted by Crippen LogP contribution is 2.30. The van der Waals surface area contributed by atoms with Gasteiger partial charge in [0.25, 0.3) is 0 Å². The molecule has 0 aliphatic carbocycles. The first-order valence-corrected chi connectivity index (χ1v) is 7.14. The van der Waals surface area contributed by atoms with Crippen molar-refractivity contribution >= 4 is 0 Å². The Labute approximate surface area is 124 Å². The van der Waals surface area contributed by atoms with E-state index >= 15 is 0 Å². The summed E-state index contributed by atoms with van der Waals surface area (Å²) in [5.41, 5.74) is 8.38. The van der Waals surface area contributed by atoms with Crippen molar-refractivity contribution in [1.29, 1.82) is 0 Å². The molecule has 2 N–H and O–H groups in total. The molecule has 114 valence electrons. The van der Waals surface area contributed by atoms with Crippen LogP contribution in [0.25, 0.3) is 0 Å². The van der Waals surface area contributed by atoms with Crippen molar-refractivity contribution in [3.8, 4) is 11.5 Å². The molecule has 2 aromatic rings. The predicted octanol–water partition coefficient (Wildman–Crippen LogP) is 3.25. The summed E-state index contributed by atoms with van der Waals surface area (Å²) in [6.45, 7) is 5.75. The molecule has 0 saturated heterocycles. The summed E-state index contributed by atoms with van der Waals surface area (Å²) in [6.07, 6.45) is 1.53. The van der Waals surface area contributed by atoms with Gasteiger partial charge in [-0.1, -0.05) is 13.0 Å². The maximum Gasteiger partial charge on any atom is 0.171 e. The molecule has 0 radical (unpaired) electrons. The van der Waals surface area contributed by atoms with E-state index < -0.39 is 0 Å². The Morgan fingerprint density at radius 3 is 2.62 bits per heavy atom. The molecule has 0 aliphatic rings. The lowest BCUT2D eigenvalue weighted by molar-refractivity contribution is 0.435. The zero-order chi connectivity index (χ0) is 15.6. The SMILES string of the molecule is CCC(N)Cc1ccc(Oc2c(C)nn(C)c2C)c(F)c1. The molecule has 0 fully saturated rings. The molecule has 1 aromatic carbocycles. The molecule has 2 rings (SSSR count). The fourth-order valence-corrected chi connectivity index (χ4v) is 2.21. The van der Waals surface area contributed by atoms with E-state index in [4.69, 9.17) is 10.5 Å². The van der Waals surface area contributed by atoms with Gasteiger partial charge in [-0.15, -0.1) is 0 Å². The average Bonchev–Trinajstić information content (AvgIpc) is 2.67. The Kier molecular flexibility index (Phi) is 4.63. The van der Waals surface area contributed by atoms with E-state index in [1.165, 1.54) is 6.07 Å². The van der Waals surface area contributed by atoms with E-state index in [1.54, 1.807) is 10.7 Å². The molecule has 0 amide bonds. The Hall–Kier alpha value is -1.88. The topological polar surface area (TPSA) is 53.1 Å². The lowest BCUT2D eigenvalue weighted by Crippen LogP contribution is -2.21. The second-order valence-corrected chi connectivity index (χ2v) is 5.36. The third-order valence-corrected chi connectivity index (χ3v) is 3.67. The predicted molar refractivity (Wildman–Crippen MR) is 81.1 cm³/mol. The van der Waals surface area contributed by atoms with Crippen LogP contribution < -0.4 is 10.5 Å². The number of halogens is 1. The largest absolute Gasteiger partial charge is 0.450 e. The molecule has 1 unspecified atom stereocenters. The summed E-state index contributed by atoms with van der Waals surface area (Å²) in [5, 5.41) is 4.26.